The van der Waals surface area contributed by atoms with Gasteiger partial charge in [-0.3, -0.25) is 9.59 Å². The zero-order valence-corrected chi connectivity index (χ0v) is 12.4. The number of rotatable bonds is 2. The number of fused-ring (bicyclic) bond motifs is 4. The van der Waals surface area contributed by atoms with Gasteiger partial charge in [0, 0.05) is 12.3 Å². The largest absolute Gasteiger partial charge is 0.468 e. The molecule has 3 rings (SSSR count). The number of amides is 1. The van der Waals surface area contributed by atoms with E-state index >= 15 is 0 Å². The molecule has 1 amide bonds. The van der Waals surface area contributed by atoms with Gasteiger partial charge in [0.25, 0.3) is 0 Å². The fourth-order valence-electron chi connectivity index (χ4n) is 3.17. The molecule has 2 heterocycles. The fraction of sp³-hybridized carbons (Fsp3) is 0.500. The number of benzene rings is 1. The highest BCUT2D eigenvalue weighted by Crippen LogP contribution is 2.46. The van der Waals surface area contributed by atoms with E-state index in [4.69, 9.17) is 9.47 Å². The first-order valence-corrected chi connectivity index (χ1v) is 7.20. The molecule has 1 saturated heterocycles. The molecule has 2 aliphatic heterocycles. The Kier molecular flexibility index (Phi) is 3.15. The van der Waals surface area contributed by atoms with E-state index in [0.29, 0.717) is 6.42 Å². The molecule has 1 fully saturated rings. The zero-order chi connectivity index (χ0) is 15.2. The molecule has 0 radical (unpaired) electrons. The maximum atomic E-state index is 12.4. The van der Waals surface area contributed by atoms with Crippen molar-refractivity contribution in [2.24, 2.45) is 5.92 Å². The Morgan fingerprint density at radius 1 is 1.43 bits per heavy atom. The van der Waals surface area contributed by atoms with Gasteiger partial charge in [-0.15, -0.1) is 0 Å². The number of esters is 1. The summed E-state index contributed by atoms with van der Waals surface area (Å²) >= 11 is 0. The summed E-state index contributed by atoms with van der Waals surface area (Å²) in [4.78, 5) is 24.7. The van der Waals surface area contributed by atoms with Crippen LogP contribution in [0, 0.1) is 5.92 Å². The zero-order valence-electron chi connectivity index (χ0n) is 12.4. The van der Waals surface area contributed by atoms with E-state index in [1.165, 1.54) is 0 Å². The molecule has 5 heteroatoms. The van der Waals surface area contributed by atoms with Crippen LogP contribution in [0.4, 0.5) is 0 Å². The van der Waals surface area contributed by atoms with Gasteiger partial charge >= 0.3 is 5.97 Å². The van der Waals surface area contributed by atoms with Gasteiger partial charge in [0.05, 0.1) is 6.10 Å². The monoisotopic (exact) mass is 289 g/mol. The molecule has 21 heavy (non-hydrogen) atoms. The molecule has 0 aromatic heterocycles. The summed E-state index contributed by atoms with van der Waals surface area (Å²) in [5, 5.41) is 2.81. The standard InChI is InChI=1S/C16H19NO4/c1-9(2)20-15(19)13-11-8-16(3,17-14(13)18)21-12-7-5-4-6-10(11)12/h4-7,9,11,13H,8H2,1-3H3,(H,17,18)/t11-,13-,16+/m1/s1. The van der Waals surface area contributed by atoms with Crippen LogP contribution in [0.3, 0.4) is 0 Å². The van der Waals surface area contributed by atoms with Gasteiger partial charge in [-0.05, 0) is 32.4 Å². The van der Waals surface area contributed by atoms with E-state index in [0.717, 1.165) is 11.3 Å². The van der Waals surface area contributed by atoms with Gasteiger partial charge in [0.2, 0.25) is 5.91 Å². The summed E-state index contributed by atoms with van der Waals surface area (Å²) in [6.45, 7) is 5.39. The molecule has 3 atom stereocenters. The number of ether oxygens (including phenoxy) is 2. The molecule has 2 bridgehead atoms. The van der Waals surface area contributed by atoms with Crippen molar-refractivity contribution in [3.8, 4) is 5.75 Å². The van der Waals surface area contributed by atoms with Gasteiger partial charge in [-0.2, -0.15) is 0 Å². The molecule has 1 aromatic carbocycles. The summed E-state index contributed by atoms with van der Waals surface area (Å²) in [5.74, 6) is -1.09. The van der Waals surface area contributed by atoms with E-state index in [1.807, 2.05) is 31.2 Å². The number of nitrogens with one attached hydrogen (secondary N) is 1. The van der Waals surface area contributed by atoms with Crippen LogP contribution in [0.2, 0.25) is 0 Å². The van der Waals surface area contributed by atoms with Crippen LogP contribution >= 0.6 is 0 Å². The van der Waals surface area contributed by atoms with Crippen LogP contribution in [-0.2, 0) is 14.3 Å². The molecule has 2 aliphatic rings. The Hall–Kier alpha value is -2.04. The molecule has 112 valence electrons. The lowest BCUT2D eigenvalue weighted by Gasteiger charge is -2.46. The van der Waals surface area contributed by atoms with Crippen molar-refractivity contribution in [2.75, 3.05) is 0 Å². The van der Waals surface area contributed by atoms with Crippen LogP contribution in [0.5, 0.6) is 5.75 Å². The average molecular weight is 289 g/mol. The smallest absolute Gasteiger partial charge is 0.319 e. The number of hydrogen-bond donors (Lipinski definition) is 1. The SMILES string of the molecule is CC(C)OC(=O)[C@H]1C(=O)N[C@]2(C)C[C@@H]1c1ccccc1O2. The Balaban J connectivity index is 2.01. The van der Waals surface area contributed by atoms with Crippen LogP contribution in [0.15, 0.2) is 24.3 Å². The first kappa shape index (κ1) is 13.9. The number of para-hydroxylation sites is 1. The van der Waals surface area contributed by atoms with Crippen molar-refractivity contribution in [3.63, 3.8) is 0 Å². The summed E-state index contributed by atoms with van der Waals surface area (Å²) in [6, 6.07) is 7.55. The van der Waals surface area contributed by atoms with E-state index in [-0.39, 0.29) is 17.9 Å². The Morgan fingerprint density at radius 2 is 2.14 bits per heavy atom. The number of hydrogen-bond acceptors (Lipinski definition) is 4. The van der Waals surface area contributed by atoms with Gasteiger partial charge in [0.15, 0.2) is 5.72 Å². The quantitative estimate of drug-likeness (QED) is 0.668. The predicted octanol–water partition coefficient (Wildman–Crippen LogP) is 1.97. The second kappa shape index (κ2) is 4.76. The highest BCUT2D eigenvalue weighted by Gasteiger charge is 2.52. The number of carbonyl (C=O) groups excluding carboxylic acids is 2. The van der Waals surface area contributed by atoms with Crippen LogP contribution in [0.25, 0.3) is 0 Å². The van der Waals surface area contributed by atoms with Crippen LogP contribution < -0.4 is 10.1 Å². The molecule has 0 saturated carbocycles. The third-order valence-electron chi connectivity index (χ3n) is 3.94. The lowest BCUT2D eigenvalue weighted by Crippen LogP contribution is -2.62. The van der Waals surface area contributed by atoms with Gasteiger partial charge in [-0.1, -0.05) is 18.2 Å². The van der Waals surface area contributed by atoms with Crippen molar-refractivity contribution >= 4 is 11.9 Å². The molecule has 1 aromatic rings. The average Bonchev–Trinajstić information content (AvgIpc) is 2.36. The van der Waals surface area contributed by atoms with Crippen LogP contribution in [0.1, 0.15) is 38.7 Å². The van der Waals surface area contributed by atoms with E-state index in [2.05, 4.69) is 5.32 Å². The third-order valence-corrected chi connectivity index (χ3v) is 3.94. The van der Waals surface area contributed by atoms with Crippen molar-refractivity contribution in [2.45, 2.75) is 44.9 Å². The Labute approximate surface area is 123 Å². The highest BCUT2D eigenvalue weighted by atomic mass is 16.5. The number of piperidine rings is 1. The fourth-order valence-corrected chi connectivity index (χ4v) is 3.17. The topological polar surface area (TPSA) is 64.6 Å². The first-order valence-electron chi connectivity index (χ1n) is 7.20. The van der Waals surface area contributed by atoms with Gasteiger partial charge in [0.1, 0.15) is 11.7 Å². The summed E-state index contributed by atoms with van der Waals surface area (Å²) in [5.41, 5.74) is 0.139. The Morgan fingerprint density at radius 3 is 2.86 bits per heavy atom. The second-order valence-corrected chi connectivity index (χ2v) is 6.13. The minimum atomic E-state index is -0.814. The van der Waals surface area contributed by atoms with Crippen molar-refractivity contribution < 1.29 is 19.1 Å². The normalized spacial score (nSPS) is 30.2. The summed E-state index contributed by atoms with van der Waals surface area (Å²) in [7, 11) is 0. The molecule has 1 N–H and O–H groups in total. The Bertz CT molecular complexity index is 598. The van der Waals surface area contributed by atoms with Crippen molar-refractivity contribution in [1.29, 1.82) is 0 Å². The molecule has 0 spiro atoms. The minimum Gasteiger partial charge on any atom is -0.468 e. The summed E-state index contributed by atoms with van der Waals surface area (Å²) < 4.78 is 11.1. The first-order chi connectivity index (χ1) is 9.89. The van der Waals surface area contributed by atoms with Crippen molar-refractivity contribution in [1.82, 2.24) is 5.32 Å². The predicted molar refractivity (Wildman–Crippen MR) is 75.7 cm³/mol. The van der Waals surface area contributed by atoms with E-state index in [9.17, 15) is 9.59 Å². The molecule has 0 unspecified atom stereocenters. The van der Waals surface area contributed by atoms with E-state index in [1.54, 1.807) is 13.8 Å². The lowest BCUT2D eigenvalue weighted by atomic mass is 9.75. The molecular weight excluding hydrogens is 270 g/mol. The van der Waals surface area contributed by atoms with Gasteiger partial charge in [-0.25, -0.2) is 0 Å². The highest BCUT2D eigenvalue weighted by molar-refractivity contribution is 6.00. The van der Waals surface area contributed by atoms with Crippen molar-refractivity contribution in [3.05, 3.63) is 29.8 Å². The minimum absolute atomic E-state index is 0.208. The lowest BCUT2D eigenvalue weighted by molar-refractivity contribution is -0.163. The molecule has 5 nitrogen and oxygen atoms in total. The maximum absolute atomic E-state index is 12.4. The summed E-state index contributed by atoms with van der Waals surface area (Å²) in [6.07, 6.45) is 0.321. The van der Waals surface area contributed by atoms with Gasteiger partial charge < -0.3 is 14.8 Å². The maximum Gasteiger partial charge on any atom is 0.319 e. The van der Waals surface area contributed by atoms with Crippen LogP contribution in [-0.4, -0.2) is 23.7 Å². The van der Waals surface area contributed by atoms with E-state index < -0.39 is 17.6 Å². The number of carbonyl (C=O) groups is 2. The third kappa shape index (κ3) is 2.37. The molecular formula is C16H19NO4. The molecule has 0 aliphatic carbocycles. The second-order valence-electron chi connectivity index (χ2n) is 6.13.